The van der Waals surface area contributed by atoms with Crippen LogP contribution in [0.3, 0.4) is 0 Å². The molecule has 3 aromatic carbocycles. The van der Waals surface area contributed by atoms with E-state index in [2.05, 4.69) is 5.32 Å². The van der Waals surface area contributed by atoms with Gasteiger partial charge in [-0.15, -0.1) is 0 Å². The number of fused-ring (bicyclic) bond motifs is 1. The molecule has 7 nitrogen and oxygen atoms in total. The van der Waals surface area contributed by atoms with E-state index in [-0.39, 0.29) is 12.5 Å². The highest BCUT2D eigenvalue weighted by molar-refractivity contribution is 6.46. The molecule has 0 fully saturated rings. The molecule has 0 spiro atoms. The van der Waals surface area contributed by atoms with E-state index in [1.165, 1.54) is 4.90 Å². The first kappa shape index (κ1) is 20.6. The molecule has 0 radical (unpaired) electrons. The molecule has 1 N–H and O–H groups in total. The van der Waals surface area contributed by atoms with E-state index in [1.54, 1.807) is 48.5 Å². The monoisotopic (exact) mass is 442 g/mol. The van der Waals surface area contributed by atoms with Crippen LogP contribution < -0.4 is 24.4 Å². The Balaban J connectivity index is 1.57. The third-order valence-electron chi connectivity index (χ3n) is 5.44. The Kier molecular flexibility index (Phi) is 5.22. The van der Waals surface area contributed by atoms with Crippen molar-refractivity contribution in [3.8, 4) is 17.2 Å². The van der Waals surface area contributed by atoms with E-state index < -0.39 is 11.8 Å². The lowest BCUT2D eigenvalue weighted by Crippen LogP contribution is -2.32. The van der Waals surface area contributed by atoms with Crippen LogP contribution in [0.4, 0.5) is 11.4 Å². The number of hydrogen-bond acceptors (Lipinski definition) is 6. The van der Waals surface area contributed by atoms with Crippen LogP contribution in [0.15, 0.2) is 72.4 Å². The molecule has 166 valence electrons. The van der Waals surface area contributed by atoms with Crippen molar-refractivity contribution in [2.75, 3.05) is 23.6 Å². The Morgan fingerprint density at radius 3 is 2.48 bits per heavy atom. The van der Waals surface area contributed by atoms with Gasteiger partial charge in [-0.05, 0) is 61.4 Å². The smallest absolute Gasteiger partial charge is 0.282 e. The highest BCUT2D eigenvalue weighted by atomic mass is 16.7. The fourth-order valence-electron chi connectivity index (χ4n) is 3.92. The van der Waals surface area contributed by atoms with Gasteiger partial charge in [0.1, 0.15) is 11.4 Å². The van der Waals surface area contributed by atoms with Crippen molar-refractivity contribution in [1.29, 1.82) is 0 Å². The normalized spacial score (nSPS) is 14.8. The molecule has 2 aliphatic rings. The highest BCUT2D eigenvalue weighted by Crippen LogP contribution is 2.38. The number of anilines is 2. The molecule has 7 heteroatoms. The summed E-state index contributed by atoms with van der Waals surface area (Å²) >= 11 is 0. The summed E-state index contributed by atoms with van der Waals surface area (Å²) in [5, 5.41) is 3.15. The Labute approximate surface area is 191 Å². The first-order valence-corrected chi connectivity index (χ1v) is 10.6. The third-order valence-corrected chi connectivity index (χ3v) is 5.44. The van der Waals surface area contributed by atoms with Crippen molar-refractivity contribution < 1.29 is 23.8 Å². The first-order chi connectivity index (χ1) is 16.0. The zero-order valence-electron chi connectivity index (χ0n) is 18.3. The lowest BCUT2D eigenvalue weighted by atomic mass is 10.0. The van der Waals surface area contributed by atoms with Gasteiger partial charge in [0.05, 0.1) is 17.9 Å². The molecule has 0 saturated carbocycles. The predicted molar refractivity (Wildman–Crippen MR) is 124 cm³/mol. The fourth-order valence-corrected chi connectivity index (χ4v) is 3.92. The van der Waals surface area contributed by atoms with E-state index in [0.29, 0.717) is 46.4 Å². The number of benzene rings is 3. The molecule has 0 bridgehead atoms. The first-order valence-electron chi connectivity index (χ1n) is 10.6. The van der Waals surface area contributed by atoms with Crippen LogP contribution in [0.25, 0.3) is 5.57 Å². The summed E-state index contributed by atoms with van der Waals surface area (Å²) in [6.07, 6.45) is 0. The molecule has 0 atom stereocenters. The molecular formula is C26H22N2O5. The minimum Gasteiger partial charge on any atom is -0.494 e. The third kappa shape index (κ3) is 3.78. The Morgan fingerprint density at radius 2 is 1.73 bits per heavy atom. The van der Waals surface area contributed by atoms with E-state index in [1.807, 2.05) is 32.0 Å². The maximum Gasteiger partial charge on any atom is 0.282 e. The van der Waals surface area contributed by atoms with Crippen molar-refractivity contribution >= 4 is 28.8 Å². The number of nitrogens with one attached hydrogen (secondary N) is 1. The second-order valence-corrected chi connectivity index (χ2v) is 7.69. The van der Waals surface area contributed by atoms with E-state index in [4.69, 9.17) is 14.2 Å². The van der Waals surface area contributed by atoms with Crippen LogP contribution in [0.1, 0.15) is 18.1 Å². The SMILES string of the molecule is CCOc1ccc(C2=C(Nc3ccc4c(c3)OCO4)C(=O)N(c3cccc(C)c3)C2=O)cc1. The maximum atomic E-state index is 13.6. The zero-order valence-corrected chi connectivity index (χ0v) is 18.3. The Bertz CT molecular complexity index is 1280. The minimum absolute atomic E-state index is 0.150. The number of rotatable bonds is 6. The summed E-state index contributed by atoms with van der Waals surface area (Å²) in [5.74, 6) is 1.09. The van der Waals surface area contributed by atoms with Gasteiger partial charge in [-0.2, -0.15) is 0 Å². The lowest BCUT2D eigenvalue weighted by molar-refractivity contribution is -0.120. The van der Waals surface area contributed by atoms with Gasteiger partial charge in [0.25, 0.3) is 11.8 Å². The minimum atomic E-state index is -0.424. The number of imide groups is 1. The second-order valence-electron chi connectivity index (χ2n) is 7.69. The van der Waals surface area contributed by atoms with Gasteiger partial charge in [-0.25, -0.2) is 4.90 Å². The molecule has 2 aliphatic heterocycles. The Morgan fingerprint density at radius 1 is 0.939 bits per heavy atom. The number of nitrogens with zero attached hydrogens (tertiary/aromatic N) is 1. The van der Waals surface area contributed by atoms with Crippen LogP contribution in [0.2, 0.25) is 0 Å². The van der Waals surface area contributed by atoms with Gasteiger partial charge < -0.3 is 19.5 Å². The summed E-state index contributed by atoms with van der Waals surface area (Å²) < 4.78 is 16.3. The quantitative estimate of drug-likeness (QED) is 0.566. The topological polar surface area (TPSA) is 77.1 Å². The fraction of sp³-hybridized carbons (Fsp3) is 0.154. The average molecular weight is 442 g/mol. The van der Waals surface area contributed by atoms with E-state index in [0.717, 1.165) is 5.56 Å². The van der Waals surface area contributed by atoms with Crippen molar-refractivity contribution in [3.05, 3.63) is 83.6 Å². The van der Waals surface area contributed by atoms with Gasteiger partial charge in [-0.1, -0.05) is 24.3 Å². The van der Waals surface area contributed by atoms with Gasteiger partial charge in [0.15, 0.2) is 11.5 Å². The second kappa shape index (κ2) is 8.35. The highest BCUT2D eigenvalue weighted by Gasteiger charge is 2.40. The summed E-state index contributed by atoms with van der Waals surface area (Å²) in [6.45, 7) is 4.51. The molecule has 0 saturated heterocycles. The Hall–Kier alpha value is -4.26. The van der Waals surface area contributed by atoms with Crippen LogP contribution in [0, 0.1) is 6.92 Å². The molecule has 3 aromatic rings. The number of ether oxygens (including phenoxy) is 3. The summed E-state index contributed by atoms with van der Waals surface area (Å²) in [7, 11) is 0. The summed E-state index contributed by atoms with van der Waals surface area (Å²) in [4.78, 5) is 28.3. The molecule has 2 heterocycles. The van der Waals surface area contributed by atoms with Crippen molar-refractivity contribution in [3.63, 3.8) is 0 Å². The molecule has 33 heavy (non-hydrogen) atoms. The van der Waals surface area contributed by atoms with Crippen LogP contribution in [-0.4, -0.2) is 25.2 Å². The van der Waals surface area contributed by atoms with Crippen molar-refractivity contribution in [2.45, 2.75) is 13.8 Å². The molecule has 0 aromatic heterocycles. The number of aryl methyl sites for hydroxylation is 1. The molecule has 2 amide bonds. The number of carbonyl (C=O) groups is 2. The van der Waals surface area contributed by atoms with Crippen molar-refractivity contribution in [2.24, 2.45) is 0 Å². The number of carbonyl (C=O) groups excluding carboxylic acids is 2. The summed E-state index contributed by atoms with van der Waals surface area (Å²) in [6, 6.07) is 19.7. The number of amides is 2. The largest absolute Gasteiger partial charge is 0.494 e. The average Bonchev–Trinajstić information content (AvgIpc) is 3.37. The summed E-state index contributed by atoms with van der Waals surface area (Å²) in [5.41, 5.74) is 3.20. The zero-order chi connectivity index (χ0) is 22.9. The van der Waals surface area contributed by atoms with Crippen LogP contribution >= 0.6 is 0 Å². The van der Waals surface area contributed by atoms with Crippen LogP contribution in [-0.2, 0) is 9.59 Å². The standard InChI is InChI=1S/C26H22N2O5/c1-3-31-20-10-7-17(8-11-20)23-24(27-18-9-12-21-22(14-18)33-15-32-21)26(30)28(25(23)29)19-6-4-5-16(2)13-19/h4-14,27H,3,15H2,1-2H3. The van der Waals surface area contributed by atoms with Gasteiger partial charge in [-0.3, -0.25) is 9.59 Å². The van der Waals surface area contributed by atoms with Gasteiger partial charge in [0, 0.05) is 11.8 Å². The van der Waals surface area contributed by atoms with Crippen LogP contribution in [0.5, 0.6) is 17.2 Å². The lowest BCUT2D eigenvalue weighted by Gasteiger charge is -2.16. The van der Waals surface area contributed by atoms with Gasteiger partial charge in [0.2, 0.25) is 6.79 Å². The number of hydrogen-bond donors (Lipinski definition) is 1. The molecule has 0 aliphatic carbocycles. The predicted octanol–water partition coefficient (Wildman–Crippen LogP) is 4.52. The molecule has 5 rings (SSSR count). The maximum absolute atomic E-state index is 13.6. The van der Waals surface area contributed by atoms with Crippen molar-refractivity contribution in [1.82, 2.24) is 0 Å². The molecule has 0 unspecified atom stereocenters. The van der Waals surface area contributed by atoms with E-state index in [9.17, 15) is 9.59 Å². The van der Waals surface area contributed by atoms with Gasteiger partial charge >= 0.3 is 0 Å². The molecular weight excluding hydrogens is 420 g/mol. The van der Waals surface area contributed by atoms with E-state index >= 15 is 0 Å².